The molecule has 3 aromatic rings. The van der Waals surface area contributed by atoms with Crippen molar-refractivity contribution in [3.63, 3.8) is 0 Å². The highest BCUT2D eigenvalue weighted by Crippen LogP contribution is 2.26. The molecule has 7 heteroatoms. The van der Waals surface area contributed by atoms with Crippen LogP contribution in [0.25, 0.3) is 0 Å². The second-order valence-corrected chi connectivity index (χ2v) is 6.46. The monoisotopic (exact) mass is 393 g/mol. The highest BCUT2D eigenvalue weighted by molar-refractivity contribution is 5.95. The van der Waals surface area contributed by atoms with E-state index in [1.165, 1.54) is 30.3 Å². The molecule has 148 valence electrons. The van der Waals surface area contributed by atoms with Gasteiger partial charge in [0.2, 0.25) is 0 Å². The van der Waals surface area contributed by atoms with E-state index in [9.17, 15) is 19.3 Å². The molecule has 0 atom stereocenters. The maximum atomic E-state index is 13.2. The number of carbonyl (C=O) groups excluding carboxylic acids is 1. The molecule has 2 N–H and O–H groups in total. The van der Waals surface area contributed by atoms with E-state index >= 15 is 0 Å². The van der Waals surface area contributed by atoms with Crippen molar-refractivity contribution in [1.82, 2.24) is 5.32 Å². The average molecular weight is 393 g/mol. The Morgan fingerprint density at radius 3 is 2.45 bits per heavy atom. The van der Waals surface area contributed by atoms with E-state index in [2.05, 4.69) is 10.6 Å². The zero-order valence-corrected chi connectivity index (χ0v) is 15.6. The topological polar surface area (TPSA) is 84.3 Å². The Bertz CT molecular complexity index is 1010. The van der Waals surface area contributed by atoms with Gasteiger partial charge in [0.15, 0.2) is 0 Å². The Morgan fingerprint density at radius 2 is 1.72 bits per heavy atom. The summed E-state index contributed by atoms with van der Waals surface area (Å²) in [7, 11) is 0. The molecule has 0 radical (unpaired) electrons. The van der Waals surface area contributed by atoms with Crippen LogP contribution in [0.5, 0.6) is 0 Å². The third kappa shape index (κ3) is 5.62. The number of hydrogen-bond acceptors (Lipinski definition) is 4. The molecule has 0 aliphatic carbocycles. The Labute approximate surface area is 167 Å². The molecule has 0 aromatic heterocycles. The molecule has 0 heterocycles. The number of anilines is 1. The van der Waals surface area contributed by atoms with Crippen LogP contribution in [0.15, 0.2) is 72.8 Å². The third-order valence-electron chi connectivity index (χ3n) is 4.37. The number of nitro groups is 1. The van der Waals surface area contributed by atoms with Gasteiger partial charge in [0, 0.05) is 24.7 Å². The smallest absolute Gasteiger partial charge is 0.293 e. The van der Waals surface area contributed by atoms with E-state index in [-0.39, 0.29) is 17.1 Å². The largest absolute Gasteiger partial charge is 0.375 e. The van der Waals surface area contributed by atoms with Crippen LogP contribution >= 0.6 is 0 Å². The number of nitrogens with one attached hydrogen (secondary N) is 2. The Morgan fingerprint density at radius 1 is 0.966 bits per heavy atom. The summed E-state index contributed by atoms with van der Waals surface area (Å²) in [4.78, 5) is 23.3. The lowest BCUT2D eigenvalue weighted by molar-refractivity contribution is -0.384. The number of nitrogens with zero attached hydrogens (tertiary/aromatic N) is 1. The lowest BCUT2D eigenvalue weighted by atomic mass is 10.1. The fourth-order valence-corrected chi connectivity index (χ4v) is 2.88. The quantitative estimate of drug-likeness (QED) is 0.441. The third-order valence-corrected chi connectivity index (χ3v) is 4.37. The number of amides is 1. The SMILES string of the molecule is O=C(NCCc1cccc(F)c1)c1ccc(NCc2ccccc2)c([N+](=O)[O-])c1. The lowest BCUT2D eigenvalue weighted by Gasteiger charge is -2.10. The molecule has 0 bridgehead atoms. The van der Waals surface area contributed by atoms with Gasteiger partial charge in [0.1, 0.15) is 11.5 Å². The lowest BCUT2D eigenvalue weighted by Crippen LogP contribution is -2.25. The minimum atomic E-state index is -0.517. The van der Waals surface area contributed by atoms with Crippen LogP contribution in [0.1, 0.15) is 21.5 Å². The first kappa shape index (κ1) is 20.0. The number of hydrogen-bond donors (Lipinski definition) is 2. The molecule has 0 saturated heterocycles. The zero-order valence-electron chi connectivity index (χ0n) is 15.6. The molecule has 3 aromatic carbocycles. The van der Waals surface area contributed by atoms with Gasteiger partial charge in [-0.1, -0.05) is 42.5 Å². The Hall–Kier alpha value is -3.74. The second kappa shape index (κ2) is 9.45. The number of rotatable bonds is 8. The van der Waals surface area contributed by atoms with Gasteiger partial charge in [-0.15, -0.1) is 0 Å². The van der Waals surface area contributed by atoms with E-state index < -0.39 is 10.8 Å². The minimum absolute atomic E-state index is 0.168. The molecule has 3 rings (SSSR count). The van der Waals surface area contributed by atoms with Crippen LogP contribution < -0.4 is 10.6 Å². The molecule has 0 saturated carbocycles. The van der Waals surface area contributed by atoms with Crippen LogP contribution in [0.2, 0.25) is 0 Å². The van der Waals surface area contributed by atoms with Crippen LogP contribution in [0.4, 0.5) is 15.8 Å². The van der Waals surface area contributed by atoms with Gasteiger partial charge in [-0.05, 0) is 41.8 Å². The van der Waals surface area contributed by atoms with E-state index in [0.717, 1.165) is 11.1 Å². The van der Waals surface area contributed by atoms with Crippen molar-refractivity contribution >= 4 is 17.3 Å². The molecule has 0 fully saturated rings. The molecule has 29 heavy (non-hydrogen) atoms. The van der Waals surface area contributed by atoms with Gasteiger partial charge in [-0.2, -0.15) is 0 Å². The highest BCUT2D eigenvalue weighted by Gasteiger charge is 2.17. The summed E-state index contributed by atoms with van der Waals surface area (Å²) < 4.78 is 13.2. The predicted molar refractivity (Wildman–Crippen MR) is 109 cm³/mol. The summed E-state index contributed by atoms with van der Waals surface area (Å²) in [5.74, 6) is -0.748. The first-order valence-corrected chi connectivity index (χ1v) is 9.12. The van der Waals surface area contributed by atoms with Gasteiger partial charge in [0.25, 0.3) is 11.6 Å². The van der Waals surface area contributed by atoms with Gasteiger partial charge < -0.3 is 10.6 Å². The normalized spacial score (nSPS) is 10.4. The van der Waals surface area contributed by atoms with Gasteiger partial charge in [-0.25, -0.2) is 4.39 Å². The number of halogens is 1. The Kier molecular flexibility index (Phi) is 6.52. The van der Waals surface area contributed by atoms with Crippen molar-refractivity contribution in [3.05, 3.63) is 105 Å². The first-order chi connectivity index (χ1) is 14.0. The Balaban J connectivity index is 1.63. The molecule has 0 aliphatic rings. The number of nitro benzene ring substituents is 1. The minimum Gasteiger partial charge on any atom is -0.375 e. The maximum absolute atomic E-state index is 13.2. The summed E-state index contributed by atoms with van der Waals surface area (Å²) in [5.41, 5.74) is 2.12. The van der Waals surface area contributed by atoms with E-state index in [1.807, 2.05) is 30.3 Å². The molecule has 6 nitrogen and oxygen atoms in total. The predicted octanol–water partition coefficient (Wildman–Crippen LogP) is 4.32. The summed E-state index contributed by atoms with van der Waals surface area (Å²) in [5, 5.41) is 17.2. The van der Waals surface area contributed by atoms with Gasteiger partial charge in [0.05, 0.1) is 4.92 Å². The second-order valence-electron chi connectivity index (χ2n) is 6.46. The van der Waals surface area contributed by atoms with Crippen molar-refractivity contribution in [2.45, 2.75) is 13.0 Å². The van der Waals surface area contributed by atoms with Crippen molar-refractivity contribution < 1.29 is 14.1 Å². The van der Waals surface area contributed by atoms with Crippen molar-refractivity contribution in [2.75, 3.05) is 11.9 Å². The van der Waals surface area contributed by atoms with E-state index in [4.69, 9.17) is 0 Å². The average Bonchev–Trinajstić information content (AvgIpc) is 2.73. The fraction of sp³-hybridized carbons (Fsp3) is 0.136. The molecule has 0 aliphatic heterocycles. The van der Waals surface area contributed by atoms with Crippen LogP contribution in [0, 0.1) is 15.9 Å². The molecule has 1 amide bonds. The van der Waals surface area contributed by atoms with Crippen molar-refractivity contribution in [2.24, 2.45) is 0 Å². The fourth-order valence-electron chi connectivity index (χ4n) is 2.88. The summed E-state index contributed by atoms with van der Waals surface area (Å²) in [6.07, 6.45) is 0.461. The molecule has 0 spiro atoms. The summed E-state index contributed by atoms with van der Waals surface area (Å²) in [6, 6.07) is 20.0. The van der Waals surface area contributed by atoms with Crippen molar-refractivity contribution in [1.29, 1.82) is 0 Å². The highest BCUT2D eigenvalue weighted by atomic mass is 19.1. The standard InChI is InChI=1S/C22H20FN3O3/c23-19-8-4-7-16(13-19)11-12-24-22(27)18-9-10-20(21(14-18)26(28)29)25-15-17-5-2-1-3-6-17/h1-10,13-14,25H,11-12,15H2,(H,24,27). The number of benzene rings is 3. The van der Waals surface area contributed by atoms with E-state index in [0.29, 0.717) is 25.2 Å². The van der Waals surface area contributed by atoms with E-state index in [1.54, 1.807) is 12.1 Å². The molecular formula is C22H20FN3O3. The maximum Gasteiger partial charge on any atom is 0.293 e. The van der Waals surface area contributed by atoms with Crippen LogP contribution in [-0.2, 0) is 13.0 Å². The summed E-state index contributed by atoms with van der Waals surface area (Å²) in [6.45, 7) is 0.727. The van der Waals surface area contributed by atoms with Crippen molar-refractivity contribution in [3.8, 4) is 0 Å². The molecule has 0 unspecified atom stereocenters. The van der Waals surface area contributed by atoms with Gasteiger partial charge >= 0.3 is 0 Å². The number of carbonyl (C=O) groups is 1. The van der Waals surface area contributed by atoms with Gasteiger partial charge in [-0.3, -0.25) is 14.9 Å². The first-order valence-electron chi connectivity index (χ1n) is 9.12. The summed E-state index contributed by atoms with van der Waals surface area (Å²) >= 11 is 0. The van der Waals surface area contributed by atoms with Crippen LogP contribution in [-0.4, -0.2) is 17.4 Å². The van der Waals surface area contributed by atoms with Crippen LogP contribution in [0.3, 0.4) is 0 Å². The molecular weight excluding hydrogens is 373 g/mol. The zero-order chi connectivity index (χ0) is 20.6.